The van der Waals surface area contributed by atoms with Gasteiger partial charge >= 0.3 is 26.6 Å². The Bertz CT molecular complexity index is 1010. The fraction of sp³-hybridized carbons (Fsp3) is 0.250. The molecule has 0 bridgehead atoms. The van der Waals surface area contributed by atoms with Gasteiger partial charge in [-0.2, -0.15) is 21.1 Å². The largest absolute Gasteiger partial charge is 0.368 e. The maximum Gasteiger partial charge on any atom is 0.368 e. The number of benzene rings is 1. The summed E-state index contributed by atoms with van der Waals surface area (Å²) in [6, 6.07) is 2.45. The molecule has 0 aromatic heterocycles. The smallest absolute Gasteiger partial charge is 0.350 e. The third kappa shape index (κ3) is 4.51. The predicted octanol–water partition coefficient (Wildman–Crippen LogP) is -1.95. The molecule has 1 aliphatic heterocycles. The van der Waals surface area contributed by atoms with Crippen LogP contribution in [-0.2, 0) is 36.6 Å². The molecule has 2 rings (SSSR count). The summed E-state index contributed by atoms with van der Waals surface area (Å²) in [5.41, 5.74) is 4.56. The van der Waals surface area contributed by atoms with Crippen LogP contribution in [0, 0.1) is 0 Å². The number of hydrogen-bond acceptors (Lipinski definition) is 7. The first-order valence-electron chi connectivity index (χ1n) is 7.06. The normalized spacial score (nSPS) is 17.2. The van der Waals surface area contributed by atoms with Crippen molar-refractivity contribution in [2.24, 2.45) is 5.73 Å². The summed E-state index contributed by atoms with van der Waals surface area (Å²) in [4.78, 5) is 35.0. The van der Waals surface area contributed by atoms with Gasteiger partial charge in [0.15, 0.2) is 0 Å². The van der Waals surface area contributed by atoms with Crippen molar-refractivity contribution < 1.29 is 40.3 Å². The number of amides is 4. The number of nitrogens with zero attached hydrogens (tertiary/aromatic N) is 2. The summed E-state index contributed by atoms with van der Waals surface area (Å²) in [5, 5.41) is 2.20. The van der Waals surface area contributed by atoms with Gasteiger partial charge in [0.1, 0.15) is 6.04 Å². The lowest BCUT2D eigenvalue weighted by Gasteiger charge is -2.35. The highest BCUT2D eigenvalue weighted by Crippen LogP contribution is 2.23. The van der Waals surface area contributed by atoms with Crippen molar-refractivity contribution in [1.82, 2.24) is 9.62 Å². The Morgan fingerprint density at radius 1 is 1.22 bits per heavy atom. The maximum atomic E-state index is 12.1. The van der Waals surface area contributed by atoms with Crippen molar-refractivity contribution >= 4 is 44.1 Å². The van der Waals surface area contributed by atoms with Gasteiger partial charge < -0.3 is 11.1 Å². The minimum absolute atomic E-state index is 0.0233. The standard InChI is InChI=1S/C12H14N4O9S2/c13-12(19)16(27(23,24)25)9-4-2-1-3-7(9)5-10(17)14-8-6-15(11(8)18)26(20,21)22/h1-4,8H,5-6H2,(H2,13,19)(H,14,17)(H,20,21,22)(H,23,24,25). The van der Waals surface area contributed by atoms with Gasteiger partial charge in [-0.05, 0) is 11.6 Å². The Balaban J connectivity index is 2.16. The topological polar surface area (TPSA) is 204 Å². The van der Waals surface area contributed by atoms with Crippen LogP contribution in [0.25, 0.3) is 0 Å². The number of para-hydroxylation sites is 1. The van der Waals surface area contributed by atoms with Crippen LogP contribution in [0.2, 0.25) is 0 Å². The molecule has 1 unspecified atom stereocenters. The molecule has 15 heteroatoms. The van der Waals surface area contributed by atoms with Crippen molar-refractivity contribution in [3.05, 3.63) is 29.8 Å². The van der Waals surface area contributed by atoms with Gasteiger partial charge in [-0.25, -0.2) is 9.10 Å². The van der Waals surface area contributed by atoms with E-state index >= 15 is 0 Å². The van der Waals surface area contributed by atoms with Crippen LogP contribution < -0.4 is 15.4 Å². The number of urea groups is 1. The molecule has 5 N–H and O–H groups in total. The summed E-state index contributed by atoms with van der Waals surface area (Å²) in [5.74, 6) is -1.86. The van der Waals surface area contributed by atoms with Crippen LogP contribution in [0.1, 0.15) is 5.56 Å². The number of anilines is 1. The Hall–Kier alpha value is -2.75. The molecule has 27 heavy (non-hydrogen) atoms. The number of nitrogens with two attached hydrogens (primary N) is 1. The second-order valence-corrected chi connectivity index (χ2v) is 7.95. The summed E-state index contributed by atoms with van der Waals surface area (Å²) in [7, 11) is -9.76. The fourth-order valence-corrected chi connectivity index (χ4v) is 3.69. The van der Waals surface area contributed by atoms with Crippen LogP contribution in [0.5, 0.6) is 0 Å². The molecule has 148 valence electrons. The first-order chi connectivity index (χ1) is 12.3. The molecule has 1 fully saturated rings. The number of carbonyl (C=O) groups excluding carboxylic acids is 3. The van der Waals surface area contributed by atoms with Crippen molar-refractivity contribution in [2.75, 3.05) is 10.8 Å². The number of hydrogen-bond donors (Lipinski definition) is 4. The van der Waals surface area contributed by atoms with Crippen LogP contribution in [0.3, 0.4) is 0 Å². The second-order valence-electron chi connectivity index (χ2n) is 5.35. The minimum atomic E-state index is -5.05. The van der Waals surface area contributed by atoms with Crippen LogP contribution >= 0.6 is 0 Å². The molecule has 0 radical (unpaired) electrons. The predicted molar refractivity (Wildman–Crippen MR) is 88.9 cm³/mol. The monoisotopic (exact) mass is 422 g/mol. The zero-order valence-electron chi connectivity index (χ0n) is 13.3. The third-order valence-corrected chi connectivity index (χ3v) is 5.22. The minimum Gasteiger partial charge on any atom is -0.350 e. The summed E-state index contributed by atoms with van der Waals surface area (Å²) >= 11 is 0. The maximum absolute atomic E-state index is 12.1. The molecule has 1 aromatic rings. The van der Waals surface area contributed by atoms with Gasteiger partial charge in [0.25, 0.3) is 5.91 Å². The molecule has 1 aliphatic rings. The number of carbonyl (C=O) groups is 3. The van der Waals surface area contributed by atoms with Gasteiger partial charge in [0, 0.05) is 0 Å². The SMILES string of the molecule is NC(=O)N(c1ccccc1CC(=O)NC1CN(S(=O)(=O)O)C1=O)S(=O)(=O)O. The Labute approximate surface area is 153 Å². The Kier molecular flexibility index (Phi) is 5.41. The molecule has 0 spiro atoms. The van der Waals surface area contributed by atoms with Crippen LogP contribution in [0.15, 0.2) is 24.3 Å². The third-order valence-electron chi connectivity index (χ3n) is 3.50. The Morgan fingerprint density at radius 3 is 2.30 bits per heavy atom. The van der Waals surface area contributed by atoms with E-state index in [1.54, 1.807) is 0 Å². The fourth-order valence-electron chi connectivity index (χ4n) is 2.34. The van der Waals surface area contributed by atoms with Gasteiger partial charge in [0.05, 0.1) is 18.7 Å². The average molecular weight is 422 g/mol. The van der Waals surface area contributed by atoms with Gasteiger partial charge in [-0.3, -0.25) is 18.7 Å². The quantitative estimate of drug-likeness (QED) is 0.296. The van der Waals surface area contributed by atoms with E-state index in [9.17, 15) is 31.2 Å². The van der Waals surface area contributed by atoms with Gasteiger partial charge in [0.2, 0.25) is 5.91 Å². The molecule has 1 aromatic carbocycles. The van der Waals surface area contributed by atoms with Crippen molar-refractivity contribution in [3.8, 4) is 0 Å². The highest BCUT2D eigenvalue weighted by Gasteiger charge is 2.44. The van der Waals surface area contributed by atoms with E-state index in [0.29, 0.717) is 0 Å². The highest BCUT2D eigenvalue weighted by molar-refractivity contribution is 7.88. The number of β-lactam (4-membered cyclic amide) rings is 1. The lowest BCUT2D eigenvalue weighted by atomic mass is 10.1. The molecular weight excluding hydrogens is 408 g/mol. The number of rotatable bonds is 6. The van der Waals surface area contributed by atoms with E-state index in [1.807, 2.05) is 0 Å². The van der Waals surface area contributed by atoms with Gasteiger partial charge in [-0.15, -0.1) is 0 Å². The molecule has 13 nitrogen and oxygen atoms in total. The number of nitrogens with one attached hydrogen (secondary N) is 1. The van der Waals surface area contributed by atoms with E-state index in [-0.39, 0.29) is 19.9 Å². The zero-order chi connectivity index (χ0) is 20.6. The lowest BCUT2D eigenvalue weighted by molar-refractivity contribution is -0.140. The molecule has 1 atom stereocenters. The molecule has 1 saturated heterocycles. The molecule has 0 saturated carbocycles. The molecule has 4 amide bonds. The summed E-state index contributed by atoms with van der Waals surface area (Å²) < 4.78 is 62.4. The van der Waals surface area contributed by atoms with E-state index in [2.05, 4.69) is 5.32 Å². The summed E-state index contributed by atoms with van der Waals surface area (Å²) in [6.07, 6.45) is -0.523. The second kappa shape index (κ2) is 7.10. The summed E-state index contributed by atoms with van der Waals surface area (Å²) in [6.45, 7) is -0.469. The van der Waals surface area contributed by atoms with Crippen LogP contribution in [-0.4, -0.2) is 60.7 Å². The van der Waals surface area contributed by atoms with E-state index in [4.69, 9.17) is 14.8 Å². The molecule has 1 heterocycles. The first-order valence-corrected chi connectivity index (χ1v) is 9.85. The molecular formula is C12H14N4O9S2. The Morgan fingerprint density at radius 2 is 1.81 bits per heavy atom. The lowest BCUT2D eigenvalue weighted by Crippen LogP contribution is -2.65. The zero-order valence-corrected chi connectivity index (χ0v) is 15.0. The first kappa shape index (κ1) is 20.6. The van der Waals surface area contributed by atoms with Crippen molar-refractivity contribution in [1.29, 1.82) is 0 Å². The van der Waals surface area contributed by atoms with Crippen LogP contribution in [0.4, 0.5) is 10.5 Å². The van der Waals surface area contributed by atoms with Gasteiger partial charge in [-0.1, -0.05) is 18.2 Å². The van der Waals surface area contributed by atoms with Crippen molar-refractivity contribution in [3.63, 3.8) is 0 Å². The van der Waals surface area contributed by atoms with E-state index < -0.39 is 57.5 Å². The molecule has 0 aliphatic carbocycles. The highest BCUT2D eigenvalue weighted by atomic mass is 32.2. The average Bonchev–Trinajstić information content (AvgIpc) is 2.49. The van der Waals surface area contributed by atoms with E-state index in [1.165, 1.54) is 18.2 Å². The van der Waals surface area contributed by atoms with E-state index in [0.717, 1.165) is 6.07 Å². The number of primary amides is 1. The van der Waals surface area contributed by atoms with Crippen molar-refractivity contribution in [2.45, 2.75) is 12.5 Å².